The third-order valence-corrected chi connectivity index (χ3v) is 4.05. The lowest BCUT2D eigenvalue weighted by Crippen LogP contribution is -2.24. The quantitative estimate of drug-likeness (QED) is 0.735. The van der Waals surface area contributed by atoms with Crippen LogP contribution in [-0.4, -0.2) is 6.54 Å². The summed E-state index contributed by atoms with van der Waals surface area (Å²) in [5.74, 6) is 0. The summed E-state index contributed by atoms with van der Waals surface area (Å²) in [6, 6.07) is 17.0. The van der Waals surface area contributed by atoms with Gasteiger partial charge in [0.15, 0.2) is 0 Å². The smallest absolute Gasteiger partial charge is 0.0406 e. The van der Waals surface area contributed by atoms with Crippen molar-refractivity contribution in [3.8, 4) is 0 Å². The lowest BCUT2D eigenvalue weighted by atomic mass is 9.99. The molecule has 0 saturated heterocycles. The fraction of sp³-hybridized carbons (Fsp3) is 0.294. The van der Waals surface area contributed by atoms with Crippen molar-refractivity contribution in [2.45, 2.75) is 25.8 Å². The Kier molecular flexibility index (Phi) is 6.08. The minimum atomic E-state index is 0.337. The third kappa shape index (κ3) is 4.62. The molecule has 2 rings (SSSR count). The van der Waals surface area contributed by atoms with E-state index in [9.17, 15) is 0 Å². The van der Waals surface area contributed by atoms with Gasteiger partial charge in [0.25, 0.3) is 0 Å². The van der Waals surface area contributed by atoms with Crippen molar-refractivity contribution in [3.05, 3.63) is 69.2 Å². The highest BCUT2D eigenvalue weighted by Gasteiger charge is 2.11. The second-order valence-electron chi connectivity index (χ2n) is 4.89. The third-order valence-electron chi connectivity index (χ3n) is 3.27. The van der Waals surface area contributed by atoms with E-state index in [0.29, 0.717) is 6.04 Å². The van der Waals surface area contributed by atoms with Crippen LogP contribution < -0.4 is 5.32 Å². The Morgan fingerprint density at radius 3 is 2.30 bits per heavy atom. The predicted octanol–water partition coefficient (Wildman–Crippen LogP) is 5.39. The van der Waals surface area contributed by atoms with Crippen LogP contribution in [0.15, 0.2) is 53.0 Å². The minimum Gasteiger partial charge on any atom is -0.310 e. The van der Waals surface area contributed by atoms with Crippen LogP contribution in [0.5, 0.6) is 0 Å². The fourth-order valence-corrected chi connectivity index (χ4v) is 2.57. The maximum atomic E-state index is 5.95. The van der Waals surface area contributed by atoms with Crippen molar-refractivity contribution in [2.75, 3.05) is 6.54 Å². The van der Waals surface area contributed by atoms with Gasteiger partial charge in [-0.15, -0.1) is 0 Å². The molecule has 2 aromatic carbocycles. The zero-order chi connectivity index (χ0) is 14.4. The van der Waals surface area contributed by atoms with Crippen LogP contribution >= 0.6 is 27.5 Å². The average Bonchev–Trinajstić information content (AvgIpc) is 2.46. The molecule has 0 aromatic heterocycles. The molecule has 1 unspecified atom stereocenters. The van der Waals surface area contributed by atoms with Gasteiger partial charge < -0.3 is 5.32 Å². The first-order valence-corrected chi connectivity index (χ1v) is 8.09. The zero-order valence-electron chi connectivity index (χ0n) is 11.6. The summed E-state index contributed by atoms with van der Waals surface area (Å²) < 4.78 is 1.11. The Bertz CT molecular complexity index is 522. The van der Waals surface area contributed by atoms with Crippen LogP contribution in [0, 0.1) is 0 Å². The first kappa shape index (κ1) is 15.6. The van der Waals surface area contributed by atoms with E-state index < -0.39 is 0 Å². The van der Waals surface area contributed by atoms with Gasteiger partial charge in [-0.3, -0.25) is 0 Å². The van der Waals surface area contributed by atoms with Gasteiger partial charge in [0, 0.05) is 15.5 Å². The number of rotatable bonds is 6. The molecule has 0 bridgehead atoms. The molecule has 1 N–H and O–H groups in total. The van der Waals surface area contributed by atoms with Crippen LogP contribution in [0.1, 0.15) is 30.5 Å². The second kappa shape index (κ2) is 7.82. The van der Waals surface area contributed by atoms with Crippen molar-refractivity contribution in [2.24, 2.45) is 0 Å². The molecular formula is C17H19BrClN. The van der Waals surface area contributed by atoms with E-state index in [-0.39, 0.29) is 0 Å². The lowest BCUT2D eigenvalue weighted by molar-refractivity contribution is 0.529. The van der Waals surface area contributed by atoms with Crippen molar-refractivity contribution < 1.29 is 0 Å². The maximum absolute atomic E-state index is 5.95. The van der Waals surface area contributed by atoms with E-state index in [4.69, 9.17) is 11.6 Å². The van der Waals surface area contributed by atoms with E-state index in [1.807, 2.05) is 12.1 Å². The summed E-state index contributed by atoms with van der Waals surface area (Å²) in [6.45, 7) is 3.21. The summed E-state index contributed by atoms with van der Waals surface area (Å²) in [6.07, 6.45) is 2.10. The molecule has 3 heteroatoms. The first-order valence-electron chi connectivity index (χ1n) is 6.92. The molecule has 0 spiro atoms. The Balaban J connectivity index is 2.14. The number of halogens is 2. The molecule has 1 nitrogen and oxygen atoms in total. The highest BCUT2D eigenvalue weighted by Crippen LogP contribution is 2.21. The van der Waals surface area contributed by atoms with Crippen LogP contribution in [0.25, 0.3) is 0 Å². The zero-order valence-corrected chi connectivity index (χ0v) is 13.9. The lowest BCUT2D eigenvalue weighted by Gasteiger charge is -2.19. The summed E-state index contributed by atoms with van der Waals surface area (Å²) in [7, 11) is 0. The van der Waals surface area contributed by atoms with Crippen molar-refractivity contribution in [1.82, 2.24) is 5.32 Å². The first-order chi connectivity index (χ1) is 9.69. The highest BCUT2D eigenvalue weighted by molar-refractivity contribution is 9.10. The topological polar surface area (TPSA) is 12.0 Å². The van der Waals surface area contributed by atoms with E-state index in [1.54, 1.807) is 0 Å². The Morgan fingerprint density at radius 1 is 1.05 bits per heavy atom. The summed E-state index contributed by atoms with van der Waals surface area (Å²) in [5.41, 5.74) is 2.61. The molecule has 2 aromatic rings. The van der Waals surface area contributed by atoms with Crippen LogP contribution in [0.3, 0.4) is 0 Å². The van der Waals surface area contributed by atoms with Gasteiger partial charge in [-0.25, -0.2) is 0 Å². The van der Waals surface area contributed by atoms with Crippen molar-refractivity contribution >= 4 is 27.5 Å². The Morgan fingerprint density at radius 2 is 1.70 bits per heavy atom. The minimum absolute atomic E-state index is 0.337. The van der Waals surface area contributed by atoms with E-state index in [2.05, 4.69) is 64.6 Å². The summed E-state index contributed by atoms with van der Waals surface area (Å²) >= 11 is 9.43. The number of nitrogens with one attached hydrogen (secondary N) is 1. The summed E-state index contributed by atoms with van der Waals surface area (Å²) in [4.78, 5) is 0. The van der Waals surface area contributed by atoms with E-state index >= 15 is 0 Å². The Hall–Kier alpha value is -0.830. The molecule has 0 radical (unpaired) electrons. The van der Waals surface area contributed by atoms with Crippen molar-refractivity contribution in [1.29, 1.82) is 0 Å². The van der Waals surface area contributed by atoms with Gasteiger partial charge in [-0.1, -0.05) is 58.7 Å². The molecule has 0 aliphatic rings. The maximum Gasteiger partial charge on any atom is 0.0406 e. The van der Waals surface area contributed by atoms with Crippen molar-refractivity contribution in [3.63, 3.8) is 0 Å². The second-order valence-corrected chi connectivity index (χ2v) is 6.24. The van der Waals surface area contributed by atoms with Gasteiger partial charge >= 0.3 is 0 Å². The number of hydrogen-bond donors (Lipinski definition) is 1. The van der Waals surface area contributed by atoms with E-state index in [1.165, 1.54) is 11.1 Å². The molecule has 0 fully saturated rings. The van der Waals surface area contributed by atoms with E-state index in [0.717, 1.165) is 28.9 Å². The largest absolute Gasteiger partial charge is 0.310 e. The Labute approximate surface area is 134 Å². The molecule has 20 heavy (non-hydrogen) atoms. The predicted molar refractivity (Wildman–Crippen MR) is 90.3 cm³/mol. The van der Waals surface area contributed by atoms with Gasteiger partial charge in [-0.05, 0) is 54.8 Å². The SMILES string of the molecule is CCCNC(Cc1ccc(Cl)cc1)c1ccc(Br)cc1. The summed E-state index contributed by atoms with van der Waals surface area (Å²) in [5, 5.41) is 4.41. The van der Waals surface area contributed by atoms with Crippen LogP contribution in [-0.2, 0) is 6.42 Å². The molecule has 0 aliphatic heterocycles. The normalized spacial score (nSPS) is 12.3. The number of hydrogen-bond acceptors (Lipinski definition) is 1. The molecule has 0 saturated carbocycles. The van der Waals surface area contributed by atoms with Crippen LogP contribution in [0.4, 0.5) is 0 Å². The number of benzene rings is 2. The van der Waals surface area contributed by atoms with Crippen LogP contribution in [0.2, 0.25) is 5.02 Å². The van der Waals surface area contributed by atoms with Gasteiger partial charge in [0.1, 0.15) is 0 Å². The highest BCUT2D eigenvalue weighted by atomic mass is 79.9. The molecule has 1 atom stereocenters. The average molecular weight is 353 g/mol. The van der Waals surface area contributed by atoms with Gasteiger partial charge in [-0.2, -0.15) is 0 Å². The van der Waals surface area contributed by atoms with Gasteiger partial charge in [0.05, 0.1) is 0 Å². The molecular weight excluding hydrogens is 334 g/mol. The monoisotopic (exact) mass is 351 g/mol. The standard InChI is InChI=1S/C17H19BrClN/c1-2-11-20-17(14-5-7-15(18)8-6-14)12-13-3-9-16(19)10-4-13/h3-10,17,20H,2,11-12H2,1H3. The molecule has 0 heterocycles. The van der Waals surface area contributed by atoms with Gasteiger partial charge in [0.2, 0.25) is 0 Å². The molecule has 106 valence electrons. The fourth-order valence-electron chi connectivity index (χ4n) is 2.18. The molecule has 0 amide bonds. The molecule has 0 aliphatic carbocycles.